The predicted molar refractivity (Wildman–Crippen MR) is 131 cm³/mol. The molecule has 0 atom stereocenters. The van der Waals surface area contributed by atoms with Crippen LogP contribution in [-0.4, -0.2) is 46.3 Å². The van der Waals surface area contributed by atoms with E-state index in [2.05, 4.69) is 15.3 Å². The van der Waals surface area contributed by atoms with Crippen LogP contribution in [0.2, 0.25) is 0 Å². The Morgan fingerprint density at radius 3 is 2.53 bits per heavy atom. The molecule has 0 aliphatic heterocycles. The van der Waals surface area contributed by atoms with E-state index in [0.717, 1.165) is 16.4 Å². The fourth-order valence-electron chi connectivity index (χ4n) is 3.67. The smallest absolute Gasteiger partial charge is 0.417 e. The molecule has 0 aliphatic rings. The van der Waals surface area contributed by atoms with Crippen molar-refractivity contribution in [3.8, 4) is 17.0 Å². The second kappa shape index (κ2) is 10.4. The fourth-order valence-corrected chi connectivity index (χ4v) is 5.21. The summed E-state index contributed by atoms with van der Waals surface area (Å²) < 4.78 is 71.4. The first-order valence-electron chi connectivity index (χ1n) is 11.3. The number of amides is 1. The largest absolute Gasteiger partial charge is 0.507 e. The van der Waals surface area contributed by atoms with Gasteiger partial charge in [0.25, 0.3) is 10.0 Å². The van der Waals surface area contributed by atoms with Crippen LogP contribution in [-0.2, 0) is 27.5 Å². The maximum absolute atomic E-state index is 13.2. The molecule has 9 nitrogen and oxygen atoms in total. The van der Waals surface area contributed by atoms with Gasteiger partial charge in [0.1, 0.15) is 11.3 Å². The van der Waals surface area contributed by atoms with Crippen molar-refractivity contribution in [1.82, 2.24) is 19.6 Å². The molecular formula is C25H23F3N4O5S. The van der Waals surface area contributed by atoms with Gasteiger partial charge in [0.15, 0.2) is 0 Å². The van der Waals surface area contributed by atoms with Gasteiger partial charge in [0.05, 0.1) is 17.8 Å². The lowest BCUT2D eigenvalue weighted by Crippen LogP contribution is -2.44. The topological polar surface area (TPSA) is 126 Å². The molecule has 0 saturated heterocycles. The number of furan rings is 1. The number of rotatable bonds is 8. The van der Waals surface area contributed by atoms with Gasteiger partial charge in [-0.25, -0.2) is 8.42 Å². The van der Waals surface area contributed by atoms with Crippen molar-refractivity contribution in [1.29, 1.82) is 0 Å². The molecule has 0 radical (unpaired) electrons. The SMILES string of the molecule is CC(C)N(CC(=O)NCc1ccc(O)c(-c2ccc(C(F)(F)F)cn2)c1)S(=O)(=O)c1cc2cnccc2o1. The normalized spacial score (nSPS) is 12.4. The zero-order valence-corrected chi connectivity index (χ0v) is 21.0. The Bertz CT molecular complexity index is 1540. The number of sulfonamides is 1. The molecule has 4 rings (SSSR count). The summed E-state index contributed by atoms with van der Waals surface area (Å²) in [5, 5.41) is 13.0. The Hall–Kier alpha value is -3.97. The third-order valence-corrected chi connectivity index (χ3v) is 7.53. The van der Waals surface area contributed by atoms with E-state index in [1.54, 1.807) is 13.8 Å². The Morgan fingerprint density at radius 2 is 1.89 bits per heavy atom. The van der Waals surface area contributed by atoms with Gasteiger partial charge in [-0.2, -0.15) is 17.5 Å². The van der Waals surface area contributed by atoms with Crippen LogP contribution in [0.15, 0.2) is 70.6 Å². The highest BCUT2D eigenvalue weighted by molar-refractivity contribution is 7.89. The van der Waals surface area contributed by atoms with Gasteiger partial charge in [-0.05, 0) is 49.7 Å². The van der Waals surface area contributed by atoms with Crippen LogP contribution in [0.1, 0.15) is 25.0 Å². The van der Waals surface area contributed by atoms with Crippen LogP contribution in [0.25, 0.3) is 22.2 Å². The number of phenolic OH excluding ortho intramolecular Hbond substituents is 1. The molecule has 0 fully saturated rings. The van der Waals surface area contributed by atoms with Crippen LogP contribution < -0.4 is 5.32 Å². The lowest BCUT2D eigenvalue weighted by atomic mass is 10.1. The van der Waals surface area contributed by atoms with Gasteiger partial charge in [-0.3, -0.25) is 14.8 Å². The standard InChI is InChI=1S/C25H23F3N4O5S/c1-15(2)32(38(35,36)24-10-17-12-29-8-7-22(17)37-24)14-23(34)31-11-16-3-6-21(33)19(9-16)20-5-4-18(13-30-20)25(26,27)28/h3-10,12-13,15,33H,11,14H2,1-2H3,(H,31,34). The van der Waals surface area contributed by atoms with Crippen molar-refractivity contribution in [2.24, 2.45) is 0 Å². The van der Waals surface area contributed by atoms with Gasteiger partial charge >= 0.3 is 6.18 Å². The molecule has 0 spiro atoms. The lowest BCUT2D eigenvalue weighted by molar-refractivity contribution is -0.137. The zero-order valence-electron chi connectivity index (χ0n) is 20.2. The molecule has 2 N–H and O–H groups in total. The molecule has 4 aromatic rings. The monoisotopic (exact) mass is 548 g/mol. The Kier molecular flexibility index (Phi) is 7.42. The number of halogens is 3. The van der Waals surface area contributed by atoms with Crippen molar-refractivity contribution in [3.63, 3.8) is 0 Å². The van der Waals surface area contributed by atoms with E-state index < -0.39 is 40.3 Å². The summed E-state index contributed by atoms with van der Waals surface area (Å²) in [6.45, 7) is 2.73. The van der Waals surface area contributed by atoms with Crippen molar-refractivity contribution in [2.75, 3.05) is 6.54 Å². The summed E-state index contributed by atoms with van der Waals surface area (Å²) >= 11 is 0. The van der Waals surface area contributed by atoms with Gasteiger partial charge in [0.2, 0.25) is 11.0 Å². The summed E-state index contributed by atoms with van der Waals surface area (Å²) in [7, 11) is -4.15. The summed E-state index contributed by atoms with van der Waals surface area (Å²) in [5.41, 5.74) is 0.222. The van der Waals surface area contributed by atoms with Gasteiger partial charge < -0.3 is 14.8 Å². The number of nitrogens with zero attached hydrogens (tertiary/aromatic N) is 3. The molecule has 0 bridgehead atoms. The molecule has 0 aliphatic carbocycles. The molecule has 13 heteroatoms. The Morgan fingerprint density at radius 1 is 1.13 bits per heavy atom. The Labute approximate surface area is 216 Å². The highest BCUT2D eigenvalue weighted by atomic mass is 32.2. The third kappa shape index (κ3) is 5.78. The number of phenols is 1. The number of alkyl halides is 3. The minimum absolute atomic E-state index is 0.0327. The van der Waals surface area contributed by atoms with Crippen LogP contribution in [0.4, 0.5) is 13.2 Å². The van der Waals surface area contributed by atoms with Crippen molar-refractivity contribution in [2.45, 2.75) is 37.7 Å². The average Bonchev–Trinajstić information content (AvgIpc) is 3.31. The Balaban J connectivity index is 1.47. The van der Waals surface area contributed by atoms with E-state index in [1.165, 1.54) is 42.7 Å². The fraction of sp³-hybridized carbons (Fsp3) is 0.240. The van der Waals surface area contributed by atoms with E-state index >= 15 is 0 Å². The number of carbonyl (C=O) groups excluding carboxylic acids is 1. The van der Waals surface area contributed by atoms with Crippen molar-refractivity contribution in [3.05, 3.63) is 72.2 Å². The maximum atomic E-state index is 13.2. The molecule has 200 valence electrons. The summed E-state index contributed by atoms with van der Waals surface area (Å²) in [4.78, 5) is 20.4. The zero-order chi connectivity index (χ0) is 27.7. The molecule has 1 amide bonds. The van der Waals surface area contributed by atoms with Gasteiger partial charge in [0, 0.05) is 48.2 Å². The molecule has 38 heavy (non-hydrogen) atoms. The second-order valence-electron chi connectivity index (χ2n) is 8.68. The van der Waals surface area contributed by atoms with Crippen LogP contribution in [0, 0.1) is 0 Å². The first-order chi connectivity index (χ1) is 17.9. The predicted octanol–water partition coefficient (Wildman–Crippen LogP) is 4.33. The van der Waals surface area contributed by atoms with Crippen LogP contribution >= 0.6 is 0 Å². The average molecular weight is 549 g/mol. The first kappa shape index (κ1) is 27.1. The molecule has 1 aromatic carbocycles. The van der Waals surface area contributed by atoms with Crippen molar-refractivity contribution < 1.29 is 35.9 Å². The van der Waals surface area contributed by atoms with E-state index in [9.17, 15) is 31.5 Å². The number of aromatic hydroxyl groups is 1. The number of fused-ring (bicyclic) bond motifs is 1. The molecule has 0 saturated carbocycles. The van der Waals surface area contributed by atoms with Gasteiger partial charge in [-0.15, -0.1) is 0 Å². The second-order valence-corrected chi connectivity index (χ2v) is 10.5. The van der Waals surface area contributed by atoms with E-state index in [4.69, 9.17) is 4.42 Å². The number of hydrogen-bond acceptors (Lipinski definition) is 7. The highest BCUT2D eigenvalue weighted by Crippen LogP contribution is 2.32. The summed E-state index contributed by atoms with van der Waals surface area (Å²) in [6, 6.07) is 8.63. The third-order valence-electron chi connectivity index (χ3n) is 5.65. The quantitative estimate of drug-likeness (QED) is 0.336. The number of carbonyl (C=O) groups is 1. The number of aromatic nitrogens is 2. The minimum atomic E-state index is -4.54. The number of hydrogen-bond donors (Lipinski definition) is 2. The van der Waals surface area contributed by atoms with E-state index in [1.807, 2.05) is 0 Å². The summed E-state index contributed by atoms with van der Waals surface area (Å²) in [6.07, 6.45) is -0.935. The van der Waals surface area contributed by atoms with E-state index in [-0.39, 0.29) is 28.6 Å². The number of nitrogens with one attached hydrogen (secondary N) is 1. The number of pyridine rings is 2. The summed E-state index contributed by atoms with van der Waals surface area (Å²) in [5.74, 6) is -0.798. The van der Waals surface area contributed by atoms with Crippen LogP contribution in [0.5, 0.6) is 5.75 Å². The van der Waals surface area contributed by atoms with Crippen molar-refractivity contribution >= 4 is 26.9 Å². The highest BCUT2D eigenvalue weighted by Gasteiger charge is 2.32. The maximum Gasteiger partial charge on any atom is 0.417 e. The molecule has 0 unspecified atom stereocenters. The number of benzene rings is 1. The molecule has 3 heterocycles. The van der Waals surface area contributed by atoms with E-state index in [0.29, 0.717) is 22.7 Å². The lowest BCUT2D eigenvalue weighted by Gasteiger charge is -2.24. The molecule has 3 aromatic heterocycles. The van der Waals surface area contributed by atoms with Crippen LogP contribution in [0.3, 0.4) is 0 Å². The minimum Gasteiger partial charge on any atom is -0.507 e. The molecular weight excluding hydrogens is 525 g/mol. The van der Waals surface area contributed by atoms with Gasteiger partial charge in [-0.1, -0.05) is 6.07 Å². The first-order valence-corrected chi connectivity index (χ1v) is 12.8.